The Kier molecular flexibility index (Phi) is 7.50. The number of thiophene rings is 1. The number of nitrogens with one attached hydrogen (secondary N) is 2. The van der Waals surface area contributed by atoms with Crippen LogP contribution in [0.3, 0.4) is 0 Å². The zero-order valence-electron chi connectivity index (χ0n) is 18.6. The molecule has 0 unspecified atom stereocenters. The fourth-order valence-corrected chi connectivity index (χ4v) is 4.08. The van der Waals surface area contributed by atoms with Crippen LogP contribution in [0.15, 0.2) is 30.5 Å². The molecule has 0 aliphatic carbocycles. The van der Waals surface area contributed by atoms with E-state index >= 15 is 0 Å². The SMILES string of the molecule is CN1CCN(c2ccc(CCc3ccc(C(=O)NNC(=O)OC(C)(C)C)s3)nc2)CC1. The maximum absolute atomic E-state index is 12.2. The third-order valence-electron chi connectivity index (χ3n) is 4.87. The number of aryl methyl sites for hydroxylation is 2. The Bertz CT molecular complexity index is 883. The van der Waals surface area contributed by atoms with Crippen LogP contribution in [-0.4, -0.2) is 60.7 Å². The van der Waals surface area contributed by atoms with Crippen molar-refractivity contribution in [2.45, 2.75) is 39.2 Å². The molecular formula is C22H31N5O3S. The van der Waals surface area contributed by atoms with Gasteiger partial charge in [-0.2, -0.15) is 0 Å². The number of likely N-dealkylation sites (N-methyl/N-ethyl adjacent to an activating group) is 1. The van der Waals surface area contributed by atoms with Gasteiger partial charge in [-0.05, 0) is 64.9 Å². The summed E-state index contributed by atoms with van der Waals surface area (Å²) >= 11 is 1.41. The summed E-state index contributed by atoms with van der Waals surface area (Å²) < 4.78 is 5.10. The van der Waals surface area contributed by atoms with Crippen LogP contribution < -0.4 is 15.8 Å². The number of amides is 2. The normalized spacial score (nSPS) is 14.9. The molecule has 0 atom stereocenters. The van der Waals surface area contributed by atoms with Crippen LogP contribution in [0.5, 0.6) is 0 Å². The van der Waals surface area contributed by atoms with Crippen molar-refractivity contribution in [3.8, 4) is 0 Å². The molecule has 168 valence electrons. The minimum atomic E-state index is -0.691. The summed E-state index contributed by atoms with van der Waals surface area (Å²) in [5, 5.41) is 0. The van der Waals surface area contributed by atoms with Gasteiger partial charge >= 0.3 is 6.09 Å². The average molecular weight is 446 g/mol. The molecule has 0 radical (unpaired) electrons. The van der Waals surface area contributed by atoms with Gasteiger partial charge in [-0.3, -0.25) is 15.2 Å². The molecular weight excluding hydrogens is 414 g/mol. The van der Waals surface area contributed by atoms with Crippen LogP contribution in [0.1, 0.15) is 41.0 Å². The van der Waals surface area contributed by atoms with Crippen molar-refractivity contribution in [1.82, 2.24) is 20.7 Å². The van der Waals surface area contributed by atoms with E-state index in [1.54, 1.807) is 26.8 Å². The molecule has 2 amide bonds. The molecule has 0 spiro atoms. The predicted molar refractivity (Wildman–Crippen MR) is 123 cm³/mol. The van der Waals surface area contributed by atoms with Gasteiger partial charge in [0.15, 0.2) is 0 Å². The summed E-state index contributed by atoms with van der Waals surface area (Å²) in [6.07, 6.45) is 2.87. The fraction of sp³-hybridized carbons (Fsp3) is 0.500. The Morgan fingerprint density at radius 1 is 1.06 bits per heavy atom. The van der Waals surface area contributed by atoms with E-state index in [0.29, 0.717) is 4.88 Å². The number of pyridine rings is 1. The number of carbonyl (C=O) groups is 2. The predicted octanol–water partition coefficient (Wildman–Crippen LogP) is 2.85. The van der Waals surface area contributed by atoms with Gasteiger partial charge in [-0.25, -0.2) is 10.2 Å². The van der Waals surface area contributed by atoms with Crippen LogP contribution in [0, 0.1) is 0 Å². The molecule has 3 rings (SSSR count). The van der Waals surface area contributed by atoms with Gasteiger partial charge < -0.3 is 14.5 Å². The number of carbonyl (C=O) groups excluding carboxylic acids is 2. The highest BCUT2D eigenvalue weighted by atomic mass is 32.1. The van der Waals surface area contributed by atoms with E-state index < -0.39 is 11.7 Å². The Balaban J connectivity index is 1.45. The van der Waals surface area contributed by atoms with Crippen molar-refractivity contribution in [1.29, 1.82) is 0 Å². The first-order chi connectivity index (χ1) is 14.7. The lowest BCUT2D eigenvalue weighted by atomic mass is 10.2. The first kappa shape index (κ1) is 23.0. The summed E-state index contributed by atoms with van der Waals surface area (Å²) in [5.41, 5.74) is 6.22. The lowest BCUT2D eigenvalue weighted by Gasteiger charge is -2.33. The molecule has 31 heavy (non-hydrogen) atoms. The molecule has 0 saturated carbocycles. The second-order valence-corrected chi connectivity index (χ2v) is 9.81. The Hall–Kier alpha value is -2.65. The van der Waals surface area contributed by atoms with E-state index in [2.05, 4.69) is 44.8 Å². The highest BCUT2D eigenvalue weighted by Gasteiger charge is 2.17. The van der Waals surface area contributed by atoms with E-state index in [9.17, 15) is 9.59 Å². The number of nitrogens with zero attached hydrogens (tertiary/aromatic N) is 3. The zero-order chi connectivity index (χ0) is 22.4. The van der Waals surface area contributed by atoms with Crippen molar-refractivity contribution < 1.29 is 14.3 Å². The minimum Gasteiger partial charge on any atom is -0.443 e. The number of hydrazine groups is 1. The molecule has 2 aromatic heterocycles. The quantitative estimate of drug-likeness (QED) is 0.689. The Morgan fingerprint density at radius 2 is 1.81 bits per heavy atom. The topological polar surface area (TPSA) is 86.8 Å². The van der Waals surface area contributed by atoms with E-state index in [-0.39, 0.29) is 5.91 Å². The summed E-state index contributed by atoms with van der Waals surface area (Å²) in [4.78, 5) is 34.8. The summed E-state index contributed by atoms with van der Waals surface area (Å²) in [5.74, 6) is -0.364. The molecule has 0 bridgehead atoms. The van der Waals surface area contributed by atoms with Crippen molar-refractivity contribution in [2.24, 2.45) is 0 Å². The van der Waals surface area contributed by atoms with Crippen LogP contribution in [-0.2, 0) is 17.6 Å². The second-order valence-electron chi connectivity index (χ2n) is 8.65. The maximum atomic E-state index is 12.2. The Labute approximate surface area is 187 Å². The van der Waals surface area contributed by atoms with E-state index in [1.807, 2.05) is 12.3 Å². The summed E-state index contributed by atoms with van der Waals surface area (Å²) in [6.45, 7) is 9.48. The van der Waals surface area contributed by atoms with Crippen LogP contribution >= 0.6 is 11.3 Å². The molecule has 3 heterocycles. The first-order valence-corrected chi connectivity index (χ1v) is 11.3. The third kappa shape index (κ3) is 7.22. The van der Waals surface area contributed by atoms with Crippen molar-refractivity contribution in [3.63, 3.8) is 0 Å². The van der Waals surface area contributed by atoms with Crippen LogP contribution in [0.25, 0.3) is 0 Å². The molecule has 1 aliphatic rings. The molecule has 0 aromatic carbocycles. The molecule has 8 nitrogen and oxygen atoms in total. The average Bonchev–Trinajstić information content (AvgIpc) is 3.19. The smallest absolute Gasteiger partial charge is 0.426 e. The molecule has 2 aromatic rings. The third-order valence-corrected chi connectivity index (χ3v) is 6.01. The van der Waals surface area contributed by atoms with E-state index in [4.69, 9.17) is 4.74 Å². The highest BCUT2D eigenvalue weighted by molar-refractivity contribution is 7.14. The van der Waals surface area contributed by atoms with Crippen molar-refractivity contribution in [2.75, 3.05) is 38.1 Å². The molecule has 1 aliphatic heterocycles. The molecule has 1 fully saturated rings. The second kappa shape index (κ2) is 10.1. The fourth-order valence-electron chi connectivity index (χ4n) is 3.17. The molecule has 1 saturated heterocycles. The van der Waals surface area contributed by atoms with Crippen molar-refractivity contribution in [3.05, 3.63) is 45.9 Å². The van der Waals surface area contributed by atoms with Gasteiger partial charge in [0, 0.05) is 36.8 Å². The zero-order valence-corrected chi connectivity index (χ0v) is 19.4. The van der Waals surface area contributed by atoms with Crippen molar-refractivity contribution >= 4 is 29.0 Å². The van der Waals surface area contributed by atoms with Gasteiger partial charge in [0.05, 0.1) is 16.8 Å². The van der Waals surface area contributed by atoms with Crippen LogP contribution in [0.4, 0.5) is 10.5 Å². The lowest BCUT2D eigenvalue weighted by molar-refractivity contribution is 0.0484. The Morgan fingerprint density at radius 3 is 2.45 bits per heavy atom. The number of anilines is 1. The number of hydrogen-bond acceptors (Lipinski definition) is 7. The van der Waals surface area contributed by atoms with Crippen LogP contribution in [0.2, 0.25) is 0 Å². The maximum Gasteiger partial charge on any atom is 0.426 e. The largest absolute Gasteiger partial charge is 0.443 e. The molecule has 9 heteroatoms. The molecule has 2 N–H and O–H groups in total. The summed E-state index contributed by atoms with van der Waals surface area (Å²) in [6, 6.07) is 7.92. The standard InChI is InChI=1S/C22H31N5O3S/c1-22(2,3)30-21(29)25-24-20(28)19-10-9-18(31-19)8-6-16-5-7-17(15-23-16)27-13-11-26(4)12-14-27/h5,7,9-10,15H,6,8,11-14H2,1-4H3,(H,24,28)(H,25,29). The first-order valence-electron chi connectivity index (χ1n) is 10.5. The minimum absolute atomic E-state index is 0.364. The number of piperazine rings is 1. The number of aromatic nitrogens is 1. The van der Waals surface area contributed by atoms with Gasteiger partial charge in [0.2, 0.25) is 0 Å². The van der Waals surface area contributed by atoms with E-state index in [0.717, 1.165) is 49.6 Å². The summed E-state index contributed by atoms with van der Waals surface area (Å²) in [7, 11) is 2.15. The number of hydrogen-bond donors (Lipinski definition) is 2. The monoisotopic (exact) mass is 445 g/mol. The van der Waals surface area contributed by atoms with E-state index in [1.165, 1.54) is 17.0 Å². The van der Waals surface area contributed by atoms with Gasteiger partial charge in [0.1, 0.15) is 5.60 Å². The number of ether oxygens (including phenoxy) is 1. The highest BCUT2D eigenvalue weighted by Crippen LogP contribution is 2.20. The van der Waals surface area contributed by atoms with Gasteiger partial charge in [0.25, 0.3) is 5.91 Å². The van der Waals surface area contributed by atoms with Gasteiger partial charge in [-0.1, -0.05) is 0 Å². The van der Waals surface area contributed by atoms with Gasteiger partial charge in [-0.15, -0.1) is 11.3 Å². The number of rotatable bonds is 5. The lowest BCUT2D eigenvalue weighted by Crippen LogP contribution is -2.44.